The number of aromatic nitrogens is 4. The molecule has 1 amide bonds. The number of amides is 1. The Morgan fingerprint density at radius 1 is 1.36 bits per heavy atom. The highest BCUT2D eigenvalue weighted by atomic mass is 35.5. The van der Waals surface area contributed by atoms with Gasteiger partial charge in [0.1, 0.15) is 0 Å². The van der Waals surface area contributed by atoms with Gasteiger partial charge in [-0.1, -0.05) is 18.5 Å². The highest BCUT2D eigenvalue weighted by molar-refractivity contribution is 6.30. The van der Waals surface area contributed by atoms with Gasteiger partial charge in [0.05, 0.1) is 5.92 Å². The zero-order valence-corrected chi connectivity index (χ0v) is 14.4. The van der Waals surface area contributed by atoms with Crippen molar-refractivity contribution < 1.29 is 14.7 Å². The minimum absolute atomic E-state index is 0.175. The number of tetrazole rings is 1. The van der Waals surface area contributed by atoms with Crippen LogP contribution in [-0.2, 0) is 9.59 Å². The molecule has 2 aromatic rings. The largest absolute Gasteiger partial charge is 0.481 e. The first-order valence-corrected chi connectivity index (χ1v) is 8.44. The van der Waals surface area contributed by atoms with Crippen molar-refractivity contribution in [1.29, 1.82) is 0 Å². The monoisotopic (exact) mass is 363 g/mol. The number of carbonyl (C=O) groups excluding carboxylic acids is 1. The van der Waals surface area contributed by atoms with E-state index < -0.39 is 17.9 Å². The molecule has 1 aromatic heterocycles. The quantitative estimate of drug-likeness (QED) is 0.870. The topological polar surface area (TPSA) is 101 Å². The van der Waals surface area contributed by atoms with Gasteiger partial charge >= 0.3 is 5.97 Å². The summed E-state index contributed by atoms with van der Waals surface area (Å²) in [4.78, 5) is 26.7. The second-order valence-electron chi connectivity index (χ2n) is 5.97. The molecule has 0 radical (unpaired) electrons. The second-order valence-corrected chi connectivity index (χ2v) is 6.41. The molecule has 0 spiro atoms. The highest BCUT2D eigenvalue weighted by Gasteiger charge is 2.35. The van der Waals surface area contributed by atoms with E-state index >= 15 is 0 Å². The van der Waals surface area contributed by atoms with E-state index in [0.717, 1.165) is 5.56 Å². The van der Waals surface area contributed by atoms with Crippen LogP contribution in [-0.4, -0.2) is 55.2 Å². The summed E-state index contributed by atoms with van der Waals surface area (Å²) in [5.74, 6) is -1.14. The minimum atomic E-state index is -0.868. The first kappa shape index (κ1) is 17.3. The Kier molecular flexibility index (Phi) is 4.98. The van der Waals surface area contributed by atoms with Crippen molar-refractivity contribution in [2.75, 3.05) is 13.1 Å². The SMILES string of the molecule is CCC(C(=O)N1CCC(C(=O)O)C1)n1nnc(-c2ccc(Cl)cc2)n1. The maximum absolute atomic E-state index is 12.7. The smallest absolute Gasteiger partial charge is 0.308 e. The van der Waals surface area contributed by atoms with Gasteiger partial charge in [0, 0.05) is 23.7 Å². The van der Waals surface area contributed by atoms with Gasteiger partial charge in [0.25, 0.3) is 0 Å². The fourth-order valence-electron chi connectivity index (χ4n) is 2.88. The zero-order valence-electron chi connectivity index (χ0n) is 13.7. The molecular formula is C16H18ClN5O3. The van der Waals surface area contributed by atoms with Crippen LogP contribution in [0, 0.1) is 5.92 Å². The Hall–Kier alpha value is -2.48. The second kappa shape index (κ2) is 7.18. The molecule has 1 saturated heterocycles. The van der Waals surface area contributed by atoms with Gasteiger partial charge in [-0.2, -0.15) is 4.80 Å². The molecule has 1 aliphatic rings. The predicted octanol–water partition coefficient (Wildman–Crippen LogP) is 1.88. The van der Waals surface area contributed by atoms with Crippen LogP contribution in [0.15, 0.2) is 24.3 Å². The van der Waals surface area contributed by atoms with E-state index in [0.29, 0.717) is 30.2 Å². The Balaban J connectivity index is 1.76. The first-order chi connectivity index (χ1) is 12.0. The van der Waals surface area contributed by atoms with E-state index in [1.807, 2.05) is 6.92 Å². The summed E-state index contributed by atoms with van der Waals surface area (Å²) in [7, 11) is 0. The van der Waals surface area contributed by atoms with Gasteiger partial charge in [0.15, 0.2) is 6.04 Å². The number of hydrogen-bond donors (Lipinski definition) is 1. The lowest BCUT2D eigenvalue weighted by atomic mass is 10.1. The minimum Gasteiger partial charge on any atom is -0.481 e. The van der Waals surface area contributed by atoms with Crippen LogP contribution in [0.4, 0.5) is 0 Å². The van der Waals surface area contributed by atoms with E-state index in [1.165, 1.54) is 4.80 Å². The summed E-state index contributed by atoms with van der Waals surface area (Å²) in [6.45, 7) is 2.52. The van der Waals surface area contributed by atoms with Gasteiger partial charge in [0.2, 0.25) is 11.7 Å². The van der Waals surface area contributed by atoms with Crippen LogP contribution < -0.4 is 0 Å². The van der Waals surface area contributed by atoms with E-state index in [4.69, 9.17) is 16.7 Å². The van der Waals surface area contributed by atoms with Crippen LogP contribution in [0.2, 0.25) is 5.02 Å². The van der Waals surface area contributed by atoms with Crippen LogP contribution in [0.1, 0.15) is 25.8 Å². The zero-order chi connectivity index (χ0) is 18.0. The molecule has 2 atom stereocenters. The van der Waals surface area contributed by atoms with Crippen molar-refractivity contribution in [2.45, 2.75) is 25.8 Å². The third-order valence-electron chi connectivity index (χ3n) is 4.33. The molecule has 3 rings (SSSR count). The summed E-state index contributed by atoms with van der Waals surface area (Å²) in [5, 5.41) is 22.0. The lowest BCUT2D eigenvalue weighted by molar-refractivity contribution is -0.141. The Morgan fingerprint density at radius 3 is 2.68 bits per heavy atom. The van der Waals surface area contributed by atoms with Crippen molar-refractivity contribution in [3.05, 3.63) is 29.3 Å². The lowest BCUT2D eigenvalue weighted by Gasteiger charge is -2.21. The number of carboxylic acid groups (broad SMARTS) is 1. The summed E-state index contributed by atoms with van der Waals surface area (Å²) < 4.78 is 0. The number of carboxylic acids is 1. The summed E-state index contributed by atoms with van der Waals surface area (Å²) >= 11 is 5.87. The Bertz CT molecular complexity index is 776. The number of nitrogens with zero attached hydrogens (tertiary/aromatic N) is 5. The summed E-state index contributed by atoms with van der Waals surface area (Å²) in [6, 6.07) is 6.43. The van der Waals surface area contributed by atoms with Crippen molar-refractivity contribution in [3.8, 4) is 11.4 Å². The fourth-order valence-corrected chi connectivity index (χ4v) is 3.01. The van der Waals surface area contributed by atoms with E-state index in [9.17, 15) is 9.59 Å². The van der Waals surface area contributed by atoms with Crippen molar-refractivity contribution in [1.82, 2.24) is 25.1 Å². The number of hydrogen-bond acceptors (Lipinski definition) is 5. The number of benzene rings is 1. The fraction of sp³-hybridized carbons (Fsp3) is 0.438. The molecule has 8 nitrogen and oxygen atoms in total. The molecule has 1 N–H and O–H groups in total. The van der Waals surface area contributed by atoms with Crippen LogP contribution in [0.5, 0.6) is 0 Å². The van der Waals surface area contributed by atoms with Crippen molar-refractivity contribution >= 4 is 23.5 Å². The molecule has 2 unspecified atom stereocenters. The average molecular weight is 364 g/mol. The third-order valence-corrected chi connectivity index (χ3v) is 4.58. The van der Waals surface area contributed by atoms with E-state index in [-0.39, 0.29) is 12.5 Å². The number of rotatable bonds is 5. The van der Waals surface area contributed by atoms with E-state index in [1.54, 1.807) is 29.2 Å². The summed E-state index contributed by atoms with van der Waals surface area (Å²) in [6.07, 6.45) is 0.960. The molecule has 9 heteroatoms. The molecule has 0 bridgehead atoms. The van der Waals surface area contributed by atoms with Crippen LogP contribution in [0.25, 0.3) is 11.4 Å². The maximum atomic E-state index is 12.7. The standard InChI is InChI=1S/C16H18ClN5O3/c1-2-13(15(23)21-8-7-11(9-21)16(24)25)22-19-14(18-20-22)10-3-5-12(17)6-4-10/h3-6,11,13H,2,7-9H2,1H3,(H,24,25). The Morgan fingerprint density at radius 2 is 2.08 bits per heavy atom. The average Bonchev–Trinajstić information content (AvgIpc) is 3.26. The van der Waals surface area contributed by atoms with Gasteiger partial charge in [-0.15, -0.1) is 10.2 Å². The molecule has 1 aliphatic heterocycles. The normalized spacial score (nSPS) is 18.3. The van der Waals surface area contributed by atoms with Gasteiger partial charge in [-0.3, -0.25) is 9.59 Å². The van der Waals surface area contributed by atoms with Gasteiger partial charge in [-0.25, -0.2) is 0 Å². The molecule has 1 aromatic carbocycles. The van der Waals surface area contributed by atoms with Crippen LogP contribution in [0.3, 0.4) is 0 Å². The Labute approximate surface area is 149 Å². The molecule has 1 fully saturated rings. The third kappa shape index (κ3) is 3.63. The van der Waals surface area contributed by atoms with Crippen molar-refractivity contribution in [3.63, 3.8) is 0 Å². The molecule has 132 valence electrons. The van der Waals surface area contributed by atoms with Crippen molar-refractivity contribution in [2.24, 2.45) is 5.92 Å². The predicted molar refractivity (Wildman–Crippen MR) is 89.9 cm³/mol. The number of likely N-dealkylation sites (tertiary alicyclic amines) is 1. The molecule has 2 heterocycles. The van der Waals surface area contributed by atoms with Crippen LogP contribution >= 0.6 is 11.6 Å². The lowest BCUT2D eigenvalue weighted by Crippen LogP contribution is -2.37. The molecule has 25 heavy (non-hydrogen) atoms. The molecule has 0 aliphatic carbocycles. The number of aliphatic carboxylic acids is 1. The molecule has 0 saturated carbocycles. The van der Waals surface area contributed by atoms with Gasteiger partial charge in [-0.05, 0) is 42.3 Å². The first-order valence-electron chi connectivity index (χ1n) is 8.06. The summed E-state index contributed by atoms with van der Waals surface area (Å²) in [5.41, 5.74) is 0.755. The highest BCUT2D eigenvalue weighted by Crippen LogP contribution is 2.23. The number of halogens is 1. The molecular weight excluding hydrogens is 346 g/mol. The van der Waals surface area contributed by atoms with Gasteiger partial charge < -0.3 is 10.0 Å². The van der Waals surface area contributed by atoms with E-state index in [2.05, 4.69) is 15.4 Å². The number of carbonyl (C=O) groups is 2. The maximum Gasteiger partial charge on any atom is 0.308 e.